The van der Waals surface area contributed by atoms with Crippen LogP contribution in [-0.4, -0.2) is 17.7 Å². The fourth-order valence-electron chi connectivity index (χ4n) is 1.20. The summed E-state index contributed by atoms with van der Waals surface area (Å²) in [5.41, 5.74) is 11.0. The summed E-state index contributed by atoms with van der Waals surface area (Å²) in [5, 5.41) is 0. The highest BCUT2D eigenvalue weighted by Crippen LogP contribution is 2.05. The van der Waals surface area contributed by atoms with Crippen LogP contribution in [0.1, 0.15) is 23.2 Å². The van der Waals surface area contributed by atoms with Gasteiger partial charge in [-0.1, -0.05) is 30.3 Å². The molecule has 1 rings (SSSR count). The zero-order chi connectivity index (χ0) is 11.3. The summed E-state index contributed by atoms with van der Waals surface area (Å²) in [7, 11) is 0. The van der Waals surface area contributed by atoms with Gasteiger partial charge in [-0.3, -0.25) is 9.59 Å². The SMILES string of the molecule is NC(=O)C(N)CCC(=O)c1ccccc1. The van der Waals surface area contributed by atoms with E-state index in [-0.39, 0.29) is 12.2 Å². The van der Waals surface area contributed by atoms with Gasteiger partial charge in [0, 0.05) is 12.0 Å². The van der Waals surface area contributed by atoms with Crippen LogP contribution in [0, 0.1) is 0 Å². The molecule has 1 atom stereocenters. The first kappa shape index (κ1) is 11.4. The molecule has 15 heavy (non-hydrogen) atoms. The molecule has 0 aromatic heterocycles. The molecule has 4 nitrogen and oxygen atoms in total. The lowest BCUT2D eigenvalue weighted by Gasteiger charge is -2.05. The molecule has 80 valence electrons. The number of Topliss-reactive ketones (excluding diaryl/α,β-unsaturated/α-hetero) is 1. The molecule has 0 heterocycles. The lowest BCUT2D eigenvalue weighted by atomic mass is 10.0. The average Bonchev–Trinajstić information content (AvgIpc) is 2.26. The Bertz CT molecular complexity index is 349. The van der Waals surface area contributed by atoms with E-state index in [1.807, 2.05) is 6.07 Å². The first-order chi connectivity index (χ1) is 7.11. The second-order valence-corrected chi connectivity index (χ2v) is 3.34. The third kappa shape index (κ3) is 3.52. The topological polar surface area (TPSA) is 86.2 Å². The van der Waals surface area contributed by atoms with Crippen LogP contribution in [0.5, 0.6) is 0 Å². The molecule has 1 amide bonds. The molecule has 0 aliphatic rings. The van der Waals surface area contributed by atoms with Crippen LogP contribution in [0.25, 0.3) is 0 Å². The number of nitrogens with two attached hydrogens (primary N) is 2. The number of rotatable bonds is 5. The van der Waals surface area contributed by atoms with Gasteiger partial charge in [0.25, 0.3) is 0 Å². The van der Waals surface area contributed by atoms with E-state index in [9.17, 15) is 9.59 Å². The monoisotopic (exact) mass is 206 g/mol. The number of amides is 1. The van der Waals surface area contributed by atoms with Crippen molar-refractivity contribution in [2.24, 2.45) is 11.5 Å². The van der Waals surface area contributed by atoms with Crippen molar-refractivity contribution in [3.63, 3.8) is 0 Å². The zero-order valence-corrected chi connectivity index (χ0v) is 8.35. The summed E-state index contributed by atoms with van der Waals surface area (Å²) < 4.78 is 0. The quantitative estimate of drug-likeness (QED) is 0.686. The molecule has 1 aromatic rings. The van der Waals surface area contributed by atoms with Crippen LogP contribution in [0.4, 0.5) is 0 Å². The summed E-state index contributed by atoms with van der Waals surface area (Å²) in [4.78, 5) is 22.2. The number of ketones is 1. The zero-order valence-electron chi connectivity index (χ0n) is 8.35. The van der Waals surface area contributed by atoms with Gasteiger partial charge in [-0.25, -0.2) is 0 Å². The molecule has 1 aromatic carbocycles. The van der Waals surface area contributed by atoms with Crippen molar-refractivity contribution in [2.75, 3.05) is 0 Å². The summed E-state index contributed by atoms with van der Waals surface area (Å²) >= 11 is 0. The molecule has 0 bridgehead atoms. The first-order valence-electron chi connectivity index (χ1n) is 4.74. The lowest BCUT2D eigenvalue weighted by molar-refractivity contribution is -0.119. The van der Waals surface area contributed by atoms with E-state index in [1.165, 1.54) is 0 Å². The Balaban J connectivity index is 2.47. The summed E-state index contributed by atoms with van der Waals surface area (Å²) in [6.07, 6.45) is 0.539. The Labute approximate surface area is 88.3 Å². The molecule has 0 aliphatic heterocycles. The van der Waals surface area contributed by atoms with Gasteiger partial charge >= 0.3 is 0 Å². The fourth-order valence-corrected chi connectivity index (χ4v) is 1.20. The minimum absolute atomic E-state index is 0.0210. The van der Waals surface area contributed by atoms with Gasteiger partial charge in [0.05, 0.1) is 6.04 Å². The van der Waals surface area contributed by atoms with Crippen molar-refractivity contribution < 1.29 is 9.59 Å². The van der Waals surface area contributed by atoms with E-state index < -0.39 is 11.9 Å². The highest BCUT2D eigenvalue weighted by atomic mass is 16.1. The highest BCUT2D eigenvalue weighted by molar-refractivity contribution is 5.96. The molecular weight excluding hydrogens is 192 g/mol. The normalized spacial score (nSPS) is 12.1. The van der Waals surface area contributed by atoms with Gasteiger partial charge in [0.15, 0.2) is 5.78 Å². The van der Waals surface area contributed by atoms with Crippen LogP contribution in [-0.2, 0) is 4.79 Å². The summed E-state index contributed by atoms with van der Waals surface area (Å²) in [5.74, 6) is -0.594. The van der Waals surface area contributed by atoms with Gasteiger partial charge in [-0.2, -0.15) is 0 Å². The second kappa shape index (κ2) is 5.26. The van der Waals surface area contributed by atoms with Crippen LogP contribution >= 0.6 is 0 Å². The summed E-state index contributed by atoms with van der Waals surface area (Å²) in [6.45, 7) is 0. The largest absolute Gasteiger partial charge is 0.368 e. The molecular formula is C11H14N2O2. The molecule has 0 saturated heterocycles. The predicted octanol–water partition coefficient (Wildman–Crippen LogP) is 0.462. The Morgan fingerprint density at radius 1 is 1.20 bits per heavy atom. The lowest BCUT2D eigenvalue weighted by Crippen LogP contribution is -2.36. The smallest absolute Gasteiger partial charge is 0.234 e. The molecule has 0 fully saturated rings. The number of benzene rings is 1. The van der Waals surface area contributed by atoms with E-state index in [0.717, 1.165) is 0 Å². The Morgan fingerprint density at radius 2 is 1.80 bits per heavy atom. The maximum atomic E-state index is 11.6. The van der Waals surface area contributed by atoms with Gasteiger partial charge < -0.3 is 11.5 Å². The van der Waals surface area contributed by atoms with Crippen molar-refractivity contribution in [3.8, 4) is 0 Å². The van der Waals surface area contributed by atoms with Crippen LogP contribution in [0.15, 0.2) is 30.3 Å². The highest BCUT2D eigenvalue weighted by Gasteiger charge is 2.12. The Morgan fingerprint density at radius 3 is 2.33 bits per heavy atom. The molecule has 4 N–H and O–H groups in total. The predicted molar refractivity (Wildman–Crippen MR) is 57.2 cm³/mol. The molecule has 0 saturated carbocycles. The maximum absolute atomic E-state index is 11.6. The van der Waals surface area contributed by atoms with Crippen LogP contribution in [0.3, 0.4) is 0 Å². The van der Waals surface area contributed by atoms with Crippen molar-refractivity contribution in [1.82, 2.24) is 0 Å². The molecule has 0 aliphatic carbocycles. The minimum Gasteiger partial charge on any atom is -0.368 e. The Hall–Kier alpha value is -1.68. The first-order valence-corrected chi connectivity index (χ1v) is 4.74. The number of primary amides is 1. The van der Waals surface area contributed by atoms with Gasteiger partial charge in [0.2, 0.25) is 5.91 Å². The third-order valence-electron chi connectivity index (χ3n) is 2.14. The number of carbonyl (C=O) groups excluding carboxylic acids is 2. The molecule has 0 radical (unpaired) electrons. The van der Waals surface area contributed by atoms with E-state index >= 15 is 0 Å². The van der Waals surface area contributed by atoms with E-state index in [1.54, 1.807) is 24.3 Å². The van der Waals surface area contributed by atoms with E-state index in [4.69, 9.17) is 11.5 Å². The third-order valence-corrected chi connectivity index (χ3v) is 2.14. The molecule has 0 spiro atoms. The fraction of sp³-hybridized carbons (Fsp3) is 0.273. The summed E-state index contributed by atoms with van der Waals surface area (Å²) in [6, 6.07) is 8.16. The van der Waals surface area contributed by atoms with Crippen molar-refractivity contribution in [1.29, 1.82) is 0 Å². The number of hydrogen-bond donors (Lipinski definition) is 2. The van der Waals surface area contributed by atoms with Crippen LogP contribution < -0.4 is 11.5 Å². The molecule has 4 heteroatoms. The van der Waals surface area contributed by atoms with Gasteiger partial charge in [0.1, 0.15) is 0 Å². The average molecular weight is 206 g/mol. The molecule has 1 unspecified atom stereocenters. The van der Waals surface area contributed by atoms with Gasteiger partial charge in [-0.15, -0.1) is 0 Å². The minimum atomic E-state index is -0.738. The Kier molecular flexibility index (Phi) is 4.00. The standard InChI is InChI=1S/C11H14N2O2/c12-9(11(13)15)6-7-10(14)8-4-2-1-3-5-8/h1-5,9H,6-7,12H2,(H2,13,15). The van der Waals surface area contributed by atoms with Crippen molar-refractivity contribution in [3.05, 3.63) is 35.9 Å². The number of carbonyl (C=O) groups is 2. The second-order valence-electron chi connectivity index (χ2n) is 3.34. The van der Waals surface area contributed by atoms with Crippen molar-refractivity contribution in [2.45, 2.75) is 18.9 Å². The van der Waals surface area contributed by atoms with Gasteiger partial charge in [-0.05, 0) is 6.42 Å². The van der Waals surface area contributed by atoms with Crippen LogP contribution in [0.2, 0.25) is 0 Å². The van der Waals surface area contributed by atoms with E-state index in [2.05, 4.69) is 0 Å². The van der Waals surface area contributed by atoms with Crippen molar-refractivity contribution >= 4 is 11.7 Å². The van der Waals surface area contributed by atoms with E-state index in [0.29, 0.717) is 12.0 Å². The maximum Gasteiger partial charge on any atom is 0.234 e. The number of hydrogen-bond acceptors (Lipinski definition) is 3.